The van der Waals surface area contributed by atoms with Crippen molar-refractivity contribution in [1.82, 2.24) is 29.9 Å². The van der Waals surface area contributed by atoms with E-state index in [-0.39, 0.29) is 18.5 Å². The van der Waals surface area contributed by atoms with Gasteiger partial charge in [0.15, 0.2) is 6.10 Å². The van der Waals surface area contributed by atoms with Gasteiger partial charge >= 0.3 is 6.03 Å². The lowest BCUT2D eigenvalue weighted by molar-refractivity contribution is -0.145. The Hall–Kier alpha value is -2.94. The molecule has 9 heteroatoms. The maximum Gasteiger partial charge on any atom is 0.317 e. The average Bonchev–Trinajstić information content (AvgIpc) is 3.20. The number of rotatable bonds is 4. The molecule has 1 saturated heterocycles. The van der Waals surface area contributed by atoms with Crippen LogP contribution < -0.4 is 5.32 Å². The van der Waals surface area contributed by atoms with E-state index in [1.54, 1.807) is 30.0 Å². The normalized spacial score (nSPS) is 17.0. The van der Waals surface area contributed by atoms with Crippen molar-refractivity contribution in [1.29, 1.82) is 0 Å². The second-order valence-corrected chi connectivity index (χ2v) is 6.20. The van der Waals surface area contributed by atoms with E-state index in [0.29, 0.717) is 19.7 Å². The van der Waals surface area contributed by atoms with Crippen molar-refractivity contribution in [3.8, 4) is 5.69 Å². The topological polar surface area (TPSA) is 92.6 Å². The first-order valence-electron chi connectivity index (χ1n) is 8.34. The van der Waals surface area contributed by atoms with Gasteiger partial charge in [0, 0.05) is 27.2 Å². The molecule has 1 N–H and O–H groups in total. The predicted molar refractivity (Wildman–Crippen MR) is 93.6 cm³/mol. The fourth-order valence-corrected chi connectivity index (χ4v) is 2.67. The summed E-state index contributed by atoms with van der Waals surface area (Å²) in [4.78, 5) is 31.4. The maximum absolute atomic E-state index is 12.4. The molecule has 0 unspecified atom stereocenters. The molecule has 3 rings (SSSR count). The van der Waals surface area contributed by atoms with E-state index in [4.69, 9.17) is 4.74 Å². The fraction of sp³-hybridized carbons (Fsp3) is 0.412. The zero-order valence-corrected chi connectivity index (χ0v) is 14.8. The highest BCUT2D eigenvalue weighted by molar-refractivity contribution is 5.82. The molecule has 2 heterocycles. The van der Waals surface area contributed by atoms with E-state index in [0.717, 1.165) is 11.3 Å². The van der Waals surface area contributed by atoms with Crippen LogP contribution in [0, 0.1) is 0 Å². The summed E-state index contributed by atoms with van der Waals surface area (Å²) in [5, 5.41) is 6.95. The number of urea groups is 1. The van der Waals surface area contributed by atoms with Gasteiger partial charge in [-0.2, -0.15) is 5.10 Å². The zero-order valence-electron chi connectivity index (χ0n) is 14.8. The van der Waals surface area contributed by atoms with Crippen molar-refractivity contribution >= 4 is 11.9 Å². The molecule has 1 aliphatic rings. The van der Waals surface area contributed by atoms with E-state index < -0.39 is 6.10 Å². The minimum Gasteiger partial charge on any atom is -0.365 e. The Kier molecular flexibility index (Phi) is 5.47. The van der Waals surface area contributed by atoms with Crippen molar-refractivity contribution in [3.63, 3.8) is 0 Å². The van der Waals surface area contributed by atoms with Crippen LogP contribution in [-0.2, 0) is 16.1 Å². The molecule has 9 nitrogen and oxygen atoms in total. The quantitative estimate of drug-likeness (QED) is 0.847. The number of nitrogens with zero attached hydrogens (tertiary/aromatic N) is 5. The summed E-state index contributed by atoms with van der Waals surface area (Å²) in [5.74, 6) is -0.133. The second kappa shape index (κ2) is 7.96. The Bertz CT molecular complexity index is 744. The highest BCUT2D eigenvalue weighted by Crippen LogP contribution is 2.10. The van der Waals surface area contributed by atoms with Crippen LogP contribution in [0.15, 0.2) is 36.9 Å². The number of hydrogen-bond acceptors (Lipinski definition) is 5. The van der Waals surface area contributed by atoms with Gasteiger partial charge in [-0.05, 0) is 17.7 Å². The molecule has 2 aromatic rings. The van der Waals surface area contributed by atoms with Gasteiger partial charge in [0.2, 0.25) is 0 Å². The second-order valence-electron chi connectivity index (χ2n) is 6.20. The molecule has 1 aliphatic heterocycles. The first-order chi connectivity index (χ1) is 12.5. The SMILES string of the molecule is CN(C)C(=O)[C@@H]1CN(C(=O)NCc2ccc(-n3cncn3)cc2)CCO1. The molecule has 1 atom stereocenters. The summed E-state index contributed by atoms with van der Waals surface area (Å²) in [6, 6.07) is 7.47. The maximum atomic E-state index is 12.4. The van der Waals surface area contributed by atoms with Crippen LogP contribution in [0.3, 0.4) is 0 Å². The standard InChI is InChI=1S/C17H22N6O3/c1-21(2)16(24)15-10-22(7-8-26-15)17(25)19-9-13-3-5-14(6-4-13)23-12-18-11-20-23/h3-6,11-12,15H,7-10H2,1-2H3,(H,19,25)/t15-/m0/s1. The van der Waals surface area contributed by atoms with Crippen LogP contribution in [0.1, 0.15) is 5.56 Å². The monoisotopic (exact) mass is 358 g/mol. The van der Waals surface area contributed by atoms with Crippen LogP contribution >= 0.6 is 0 Å². The number of likely N-dealkylation sites (N-methyl/N-ethyl adjacent to an activating group) is 1. The molecule has 0 saturated carbocycles. The molecule has 3 amide bonds. The molecule has 138 valence electrons. The third kappa shape index (κ3) is 4.17. The van der Waals surface area contributed by atoms with Crippen molar-refractivity contribution < 1.29 is 14.3 Å². The van der Waals surface area contributed by atoms with Gasteiger partial charge in [0.25, 0.3) is 5.91 Å². The van der Waals surface area contributed by atoms with E-state index in [9.17, 15) is 9.59 Å². The van der Waals surface area contributed by atoms with Gasteiger partial charge < -0.3 is 19.9 Å². The Labute approximate surface area is 151 Å². The Balaban J connectivity index is 1.52. The fourth-order valence-electron chi connectivity index (χ4n) is 2.67. The smallest absolute Gasteiger partial charge is 0.317 e. The Morgan fingerprint density at radius 3 is 2.73 bits per heavy atom. The number of nitrogens with one attached hydrogen (secondary N) is 1. The highest BCUT2D eigenvalue weighted by Gasteiger charge is 2.30. The number of morpholine rings is 1. The minimum absolute atomic E-state index is 0.133. The first kappa shape index (κ1) is 17.9. The van der Waals surface area contributed by atoms with Crippen LogP contribution in [0.25, 0.3) is 5.69 Å². The third-order valence-electron chi connectivity index (χ3n) is 4.13. The number of carbonyl (C=O) groups excluding carboxylic acids is 2. The molecule has 1 aromatic heterocycles. The van der Waals surface area contributed by atoms with Gasteiger partial charge in [-0.1, -0.05) is 12.1 Å². The van der Waals surface area contributed by atoms with Gasteiger partial charge in [0.05, 0.1) is 18.8 Å². The molecule has 0 spiro atoms. The van der Waals surface area contributed by atoms with Gasteiger partial charge in [-0.3, -0.25) is 4.79 Å². The summed E-state index contributed by atoms with van der Waals surface area (Å²) in [7, 11) is 3.35. The largest absolute Gasteiger partial charge is 0.365 e. The summed E-state index contributed by atoms with van der Waals surface area (Å²) < 4.78 is 7.13. The van der Waals surface area contributed by atoms with Crippen LogP contribution in [0.5, 0.6) is 0 Å². The molecule has 1 fully saturated rings. The molecule has 1 aromatic carbocycles. The number of benzene rings is 1. The van der Waals surface area contributed by atoms with E-state index in [1.807, 2.05) is 24.3 Å². The predicted octanol–water partition coefficient (Wildman–Crippen LogP) is 0.266. The molecular formula is C17H22N6O3. The molecule has 0 radical (unpaired) electrons. The molecule has 0 bridgehead atoms. The Morgan fingerprint density at radius 2 is 2.08 bits per heavy atom. The summed E-state index contributed by atoms with van der Waals surface area (Å²) in [5.41, 5.74) is 1.87. The number of hydrogen-bond donors (Lipinski definition) is 1. The van der Waals surface area contributed by atoms with E-state index >= 15 is 0 Å². The lowest BCUT2D eigenvalue weighted by Crippen LogP contribution is -2.53. The number of amides is 3. The number of carbonyl (C=O) groups is 2. The minimum atomic E-state index is -0.605. The van der Waals surface area contributed by atoms with E-state index in [1.165, 1.54) is 11.2 Å². The van der Waals surface area contributed by atoms with Crippen molar-refractivity contribution in [3.05, 3.63) is 42.5 Å². The van der Waals surface area contributed by atoms with Gasteiger partial charge in [-0.15, -0.1) is 0 Å². The summed E-state index contributed by atoms with van der Waals surface area (Å²) in [6.07, 6.45) is 2.50. The summed E-state index contributed by atoms with van der Waals surface area (Å²) >= 11 is 0. The first-order valence-corrected chi connectivity index (χ1v) is 8.34. The van der Waals surface area contributed by atoms with E-state index in [2.05, 4.69) is 15.4 Å². The van der Waals surface area contributed by atoms with Crippen LogP contribution in [-0.4, -0.2) is 76.4 Å². The lowest BCUT2D eigenvalue weighted by atomic mass is 10.2. The summed E-state index contributed by atoms with van der Waals surface area (Å²) in [6.45, 7) is 1.48. The van der Waals surface area contributed by atoms with Crippen LogP contribution in [0.4, 0.5) is 4.79 Å². The Morgan fingerprint density at radius 1 is 1.31 bits per heavy atom. The number of aromatic nitrogens is 3. The zero-order chi connectivity index (χ0) is 18.5. The van der Waals surface area contributed by atoms with Gasteiger partial charge in [-0.25, -0.2) is 14.5 Å². The van der Waals surface area contributed by atoms with Gasteiger partial charge in [0.1, 0.15) is 12.7 Å². The molecular weight excluding hydrogens is 336 g/mol. The van der Waals surface area contributed by atoms with Crippen molar-refractivity contribution in [2.45, 2.75) is 12.6 Å². The molecule has 26 heavy (non-hydrogen) atoms. The lowest BCUT2D eigenvalue weighted by Gasteiger charge is -2.33. The highest BCUT2D eigenvalue weighted by atomic mass is 16.5. The van der Waals surface area contributed by atoms with Crippen molar-refractivity contribution in [2.75, 3.05) is 33.8 Å². The number of ether oxygens (including phenoxy) is 1. The average molecular weight is 358 g/mol. The van der Waals surface area contributed by atoms with Crippen molar-refractivity contribution in [2.24, 2.45) is 0 Å². The third-order valence-corrected chi connectivity index (χ3v) is 4.13. The molecule has 0 aliphatic carbocycles. The van der Waals surface area contributed by atoms with Crippen LogP contribution in [0.2, 0.25) is 0 Å².